The van der Waals surface area contributed by atoms with Crippen LogP contribution in [-0.4, -0.2) is 37.4 Å². The van der Waals surface area contributed by atoms with E-state index >= 15 is 0 Å². The van der Waals surface area contributed by atoms with Gasteiger partial charge in [0, 0.05) is 6.61 Å². The van der Waals surface area contributed by atoms with E-state index in [1.165, 1.54) is 89.9 Å². The lowest BCUT2D eigenvalue weighted by Crippen LogP contribution is -2.19. The molecule has 0 spiro atoms. The number of nitrogens with one attached hydrogen (secondary N) is 1. The first-order valence-electron chi connectivity index (χ1n) is 14.2. The van der Waals surface area contributed by atoms with Crippen LogP contribution in [0.2, 0.25) is 0 Å². The van der Waals surface area contributed by atoms with Crippen LogP contribution in [0, 0.1) is 5.92 Å². The van der Waals surface area contributed by atoms with Crippen LogP contribution in [-0.2, 0) is 9.53 Å². The molecule has 0 aromatic heterocycles. The molecule has 0 atom stereocenters. The smallest absolute Gasteiger partial charge is 0.308 e. The molecular formula is C28H57NO3. The van der Waals surface area contributed by atoms with Crippen molar-refractivity contribution in [2.24, 2.45) is 5.92 Å². The van der Waals surface area contributed by atoms with Crippen molar-refractivity contribution in [3.63, 3.8) is 0 Å². The van der Waals surface area contributed by atoms with Crippen molar-refractivity contribution in [3.8, 4) is 0 Å². The van der Waals surface area contributed by atoms with E-state index in [2.05, 4.69) is 19.2 Å². The van der Waals surface area contributed by atoms with Crippen LogP contribution in [0.5, 0.6) is 0 Å². The molecule has 192 valence electrons. The van der Waals surface area contributed by atoms with Gasteiger partial charge in [0.05, 0.1) is 12.5 Å². The van der Waals surface area contributed by atoms with E-state index in [0.717, 1.165) is 51.6 Å². The molecule has 0 aliphatic rings. The Morgan fingerprint density at radius 3 is 1.69 bits per heavy atom. The SMILES string of the molecule is CCCCCCCCC(CCCCCCCC)C(=O)OCCCCCCNCCCCO. The first-order chi connectivity index (χ1) is 15.8. The third-order valence-electron chi connectivity index (χ3n) is 6.40. The molecule has 0 saturated heterocycles. The monoisotopic (exact) mass is 455 g/mol. The number of hydrogen-bond donors (Lipinski definition) is 2. The Hall–Kier alpha value is -0.610. The van der Waals surface area contributed by atoms with Crippen LogP contribution in [0.25, 0.3) is 0 Å². The summed E-state index contributed by atoms with van der Waals surface area (Å²) >= 11 is 0. The van der Waals surface area contributed by atoms with Crippen molar-refractivity contribution in [3.05, 3.63) is 0 Å². The van der Waals surface area contributed by atoms with Gasteiger partial charge in [0.15, 0.2) is 0 Å². The first kappa shape index (κ1) is 31.4. The van der Waals surface area contributed by atoms with Gasteiger partial charge >= 0.3 is 5.97 Å². The van der Waals surface area contributed by atoms with E-state index in [1.807, 2.05) is 0 Å². The number of rotatable bonds is 26. The number of carbonyl (C=O) groups is 1. The zero-order valence-electron chi connectivity index (χ0n) is 21.8. The predicted molar refractivity (Wildman–Crippen MR) is 138 cm³/mol. The number of esters is 1. The second-order valence-corrected chi connectivity index (χ2v) is 9.57. The molecule has 0 aromatic carbocycles. The summed E-state index contributed by atoms with van der Waals surface area (Å²) in [4.78, 5) is 12.7. The Balaban J connectivity index is 3.92. The van der Waals surface area contributed by atoms with Gasteiger partial charge < -0.3 is 15.2 Å². The number of aliphatic hydroxyl groups is 1. The fraction of sp³-hybridized carbons (Fsp3) is 0.964. The van der Waals surface area contributed by atoms with Gasteiger partial charge in [-0.25, -0.2) is 0 Å². The standard InChI is InChI=1S/C28H57NO3/c1-3-5-7-9-11-15-21-27(22-16-12-10-8-6-4-2)28(31)32-26-20-14-13-17-23-29-24-18-19-25-30/h27,29-30H,3-26H2,1-2H3. The van der Waals surface area contributed by atoms with Crippen molar-refractivity contribution in [1.82, 2.24) is 5.32 Å². The van der Waals surface area contributed by atoms with Gasteiger partial charge in [0.1, 0.15) is 0 Å². The number of aliphatic hydroxyl groups excluding tert-OH is 1. The Morgan fingerprint density at radius 1 is 0.656 bits per heavy atom. The molecule has 32 heavy (non-hydrogen) atoms. The lowest BCUT2D eigenvalue weighted by Gasteiger charge is -2.16. The van der Waals surface area contributed by atoms with Crippen LogP contribution in [0.1, 0.15) is 142 Å². The maximum absolute atomic E-state index is 12.7. The average molecular weight is 456 g/mol. The fourth-order valence-corrected chi connectivity index (χ4v) is 4.21. The summed E-state index contributed by atoms with van der Waals surface area (Å²) in [5, 5.41) is 12.2. The van der Waals surface area contributed by atoms with E-state index in [9.17, 15) is 4.79 Å². The Bertz CT molecular complexity index is 360. The van der Waals surface area contributed by atoms with Crippen molar-refractivity contribution in [2.75, 3.05) is 26.3 Å². The molecule has 0 unspecified atom stereocenters. The largest absolute Gasteiger partial charge is 0.465 e. The molecule has 0 aromatic rings. The van der Waals surface area contributed by atoms with Crippen LogP contribution >= 0.6 is 0 Å². The van der Waals surface area contributed by atoms with Gasteiger partial charge in [-0.05, 0) is 51.6 Å². The second-order valence-electron chi connectivity index (χ2n) is 9.57. The molecular weight excluding hydrogens is 398 g/mol. The normalized spacial score (nSPS) is 11.4. The lowest BCUT2D eigenvalue weighted by molar-refractivity contribution is -0.149. The van der Waals surface area contributed by atoms with Crippen LogP contribution in [0.4, 0.5) is 0 Å². The molecule has 0 radical (unpaired) electrons. The van der Waals surface area contributed by atoms with Crippen molar-refractivity contribution < 1.29 is 14.6 Å². The highest BCUT2D eigenvalue weighted by molar-refractivity contribution is 5.72. The fourth-order valence-electron chi connectivity index (χ4n) is 4.21. The van der Waals surface area contributed by atoms with Crippen LogP contribution < -0.4 is 5.32 Å². The molecule has 0 rings (SSSR count). The van der Waals surface area contributed by atoms with Gasteiger partial charge in [-0.1, -0.05) is 104 Å². The Labute approximate surface area is 200 Å². The molecule has 0 aliphatic carbocycles. The van der Waals surface area contributed by atoms with Gasteiger partial charge in [0.2, 0.25) is 0 Å². The molecule has 2 N–H and O–H groups in total. The highest BCUT2D eigenvalue weighted by Gasteiger charge is 2.19. The van der Waals surface area contributed by atoms with Gasteiger partial charge in [-0.3, -0.25) is 4.79 Å². The average Bonchev–Trinajstić information content (AvgIpc) is 2.80. The maximum atomic E-state index is 12.7. The summed E-state index contributed by atoms with van der Waals surface area (Å²) in [6.07, 6.45) is 23.8. The molecule has 0 heterocycles. The lowest BCUT2D eigenvalue weighted by atomic mass is 9.94. The number of hydrogen-bond acceptors (Lipinski definition) is 4. The highest BCUT2D eigenvalue weighted by Crippen LogP contribution is 2.21. The Kier molecular flexibility index (Phi) is 26.1. The zero-order chi connectivity index (χ0) is 23.5. The number of carbonyl (C=O) groups excluding carboxylic acids is 1. The maximum Gasteiger partial charge on any atom is 0.308 e. The summed E-state index contributed by atoms with van der Waals surface area (Å²) in [5.74, 6) is 0.188. The molecule has 0 fully saturated rings. The molecule has 4 nitrogen and oxygen atoms in total. The molecule has 0 saturated carbocycles. The van der Waals surface area contributed by atoms with E-state index in [0.29, 0.717) is 13.2 Å². The molecule has 0 aliphatic heterocycles. The third kappa shape index (κ3) is 22.6. The summed E-state index contributed by atoms with van der Waals surface area (Å²) in [6, 6.07) is 0. The topological polar surface area (TPSA) is 58.6 Å². The zero-order valence-corrected chi connectivity index (χ0v) is 21.8. The number of unbranched alkanes of at least 4 members (excludes halogenated alkanes) is 14. The molecule has 4 heteroatoms. The third-order valence-corrected chi connectivity index (χ3v) is 6.40. The second kappa shape index (κ2) is 26.6. The van der Waals surface area contributed by atoms with Crippen molar-refractivity contribution >= 4 is 5.97 Å². The summed E-state index contributed by atoms with van der Waals surface area (Å²) in [5.41, 5.74) is 0. The van der Waals surface area contributed by atoms with Gasteiger partial charge in [0.25, 0.3) is 0 Å². The molecule has 0 amide bonds. The predicted octanol–water partition coefficient (Wildman–Crippen LogP) is 7.57. The minimum atomic E-state index is 0.0673. The Morgan fingerprint density at radius 2 is 1.12 bits per heavy atom. The quantitative estimate of drug-likeness (QED) is 0.104. The summed E-state index contributed by atoms with van der Waals surface area (Å²) in [6.45, 7) is 7.43. The van der Waals surface area contributed by atoms with Gasteiger partial charge in [-0.15, -0.1) is 0 Å². The van der Waals surface area contributed by atoms with E-state index in [4.69, 9.17) is 9.84 Å². The molecule has 0 bridgehead atoms. The van der Waals surface area contributed by atoms with Crippen molar-refractivity contribution in [1.29, 1.82) is 0 Å². The van der Waals surface area contributed by atoms with Crippen molar-refractivity contribution in [2.45, 2.75) is 142 Å². The first-order valence-corrected chi connectivity index (χ1v) is 14.2. The van der Waals surface area contributed by atoms with Crippen LogP contribution in [0.3, 0.4) is 0 Å². The minimum Gasteiger partial charge on any atom is -0.465 e. The van der Waals surface area contributed by atoms with Gasteiger partial charge in [-0.2, -0.15) is 0 Å². The van der Waals surface area contributed by atoms with Crippen LogP contribution in [0.15, 0.2) is 0 Å². The summed E-state index contributed by atoms with van der Waals surface area (Å²) in [7, 11) is 0. The van der Waals surface area contributed by atoms with E-state index < -0.39 is 0 Å². The van der Waals surface area contributed by atoms with E-state index in [-0.39, 0.29) is 11.9 Å². The van der Waals surface area contributed by atoms with E-state index in [1.54, 1.807) is 0 Å². The summed E-state index contributed by atoms with van der Waals surface area (Å²) < 4.78 is 5.69. The minimum absolute atomic E-state index is 0.0673. The number of ether oxygens (including phenoxy) is 1. The highest BCUT2D eigenvalue weighted by atomic mass is 16.5.